The normalized spacial score (nSPS) is 29.2. The molecular weight excluding hydrogens is 351 g/mol. The second kappa shape index (κ2) is 5.80. The summed E-state index contributed by atoms with van der Waals surface area (Å²) in [6, 6.07) is 2.60. The fraction of sp³-hybridized carbons (Fsp3) is 0.471. The molecule has 4 atom stereocenters. The molecule has 0 saturated carbocycles. The highest BCUT2D eigenvalue weighted by atomic mass is 19.4. The highest BCUT2D eigenvalue weighted by molar-refractivity contribution is 6.03. The van der Waals surface area contributed by atoms with Crippen LogP contribution >= 0.6 is 0 Å². The number of primary amides is 1. The predicted molar refractivity (Wildman–Crippen MR) is 87.5 cm³/mol. The summed E-state index contributed by atoms with van der Waals surface area (Å²) in [5.74, 6) is -2.17. The third-order valence-corrected chi connectivity index (χ3v) is 5.37. The molecule has 3 heterocycles. The van der Waals surface area contributed by atoms with Gasteiger partial charge in [-0.3, -0.25) is 14.6 Å². The third-order valence-electron chi connectivity index (χ3n) is 5.37. The smallest absolute Gasteiger partial charge is 0.364 e. The van der Waals surface area contributed by atoms with E-state index in [4.69, 9.17) is 10.5 Å². The number of rotatable bonds is 2. The Kier molecular flexibility index (Phi) is 4.10. The summed E-state index contributed by atoms with van der Waals surface area (Å²) in [7, 11) is 0. The lowest BCUT2D eigenvalue weighted by atomic mass is 9.81. The molecule has 1 amide bonds. The second-order valence-electron chi connectivity index (χ2n) is 6.83. The van der Waals surface area contributed by atoms with E-state index in [-0.39, 0.29) is 22.3 Å². The monoisotopic (exact) mass is 369 g/mol. The Labute approximate surface area is 146 Å². The third kappa shape index (κ3) is 2.57. The summed E-state index contributed by atoms with van der Waals surface area (Å²) in [5, 5.41) is 0.000955. The van der Waals surface area contributed by atoms with E-state index in [2.05, 4.69) is 9.97 Å². The van der Waals surface area contributed by atoms with Gasteiger partial charge in [0.1, 0.15) is 11.8 Å². The fourth-order valence-corrected chi connectivity index (χ4v) is 3.47. The Balaban J connectivity index is 2.13. The number of nitrogens with zero attached hydrogens (tertiary/aromatic N) is 1. The van der Waals surface area contributed by atoms with Crippen LogP contribution in [0.2, 0.25) is 0 Å². The Bertz CT molecular complexity index is 940. The number of fused-ring (bicyclic) bond motifs is 1. The molecule has 1 saturated heterocycles. The lowest BCUT2D eigenvalue weighted by Gasteiger charge is -2.31. The van der Waals surface area contributed by atoms with Gasteiger partial charge in [-0.1, -0.05) is 13.8 Å². The molecule has 1 fully saturated rings. The molecule has 0 radical (unpaired) electrons. The Morgan fingerprint density at radius 3 is 2.58 bits per heavy atom. The SMILES string of the molecule is C[C@H]1[C@@H](c2cc(=O)c3c(C(N)=O)nccc3[nH]2)O[C@@](C)(C(F)(F)F)[C@H]1C. The van der Waals surface area contributed by atoms with E-state index in [1.54, 1.807) is 6.92 Å². The molecule has 2 aromatic rings. The molecule has 9 heteroatoms. The van der Waals surface area contributed by atoms with Crippen LogP contribution in [-0.2, 0) is 4.74 Å². The zero-order valence-corrected chi connectivity index (χ0v) is 14.3. The first kappa shape index (κ1) is 18.4. The number of H-pyrrole nitrogens is 1. The minimum atomic E-state index is -4.55. The summed E-state index contributed by atoms with van der Waals surface area (Å²) in [6.45, 7) is 4.14. The van der Waals surface area contributed by atoms with E-state index < -0.39 is 41.1 Å². The number of nitrogens with two attached hydrogens (primary N) is 1. The van der Waals surface area contributed by atoms with Gasteiger partial charge in [-0.25, -0.2) is 0 Å². The molecule has 2 aromatic heterocycles. The quantitative estimate of drug-likeness (QED) is 0.850. The molecule has 1 aliphatic heterocycles. The van der Waals surface area contributed by atoms with Crippen molar-refractivity contribution in [3.63, 3.8) is 0 Å². The van der Waals surface area contributed by atoms with Crippen LogP contribution in [0.15, 0.2) is 23.1 Å². The van der Waals surface area contributed by atoms with Crippen LogP contribution < -0.4 is 11.2 Å². The number of aromatic nitrogens is 2. The Morgan fingerprint density at radius 1 is 1.38 bits per heavy atom. The van der Waals surface area contributed by atoms with E-state index in [0.29, 0.717) is 0 Å². The van der Waals surface area contributed by atoms with Gasteiger partial charge in [0.25, 0.3) is 5.91 Å². The number of hydrogen-bond acceptors (Lipinski definition) is 4. The summed E-state index contributed by atoms with van der Waals surface area (Å²) in [6.07, 6.45) is -4.20. The van der Waals surface area contributed by atoms with Crippen LogP contribution in [0.5, 0.6) is 0 Å². The van der Waals surface area contributed by atoms with Gasteiger partial charge >= 0.3 is 6.18 Å². The van der Waals surface area contributed by atoms with Gasteiger partial charge in [0.05, 0.1) is 10.9 Å². The van der Waals surface area contributed by atoms with Crippen molar-refractivity contribution in [2.24, 2.45) is 17.6 Å². The minimum Gasteiger partial charge on any atom is -0.364 e. The molecule has 0 spiro atoms. The molecule has 6 nitrogen and oxygen atoms in total. The van der Waals surface area contributed by atoms with Gasteiger partial charge in [-0.2, -0.15) is 13.2 Å². The molecule has 0 aromatic carbocycles. The summed E-state index contributed by atoms with van der Waals surface area (Å²) < 4.78 is 45.8. The van der Waals surface area contributed by atoms with Crippen LogP contribution in [0.1, 0.15) is 43.1 Å². The zero-order valence-electron chi connectivity index (χ0n) is 14.3. The Morgan fingerprint density at radius 2 is 2.04 bits per heavy atom. The zero-order chi connectivity index (χ0) is 19.4. The van der Waals surface area contributed by atoms with Gasteiger partial charge in [-0.05, 0) is 24.8 Å². The number of hydrogen-bond donors (Lipinski definition) is 2. The molecule has 0 bridgehead atoms. The lowest BCUT2D eigenvalue weighted by Crippen LogP contribution is -2.46. The van der Waals surface area contributed by atoms with Crippen molar-refractivity contribution in [1.29, 1.82) is 0 Å². The maximum Gasteiger partial charge on any atom is 0.417 e. The summed E-state index contributed by atoms with van der Waals surface area (Å²) in [5.41, 5.74) is 2.65. The van der Waals surface area contributed by atoms with Crippen LogP contribution in [0.4, 0.5) is 13.2 Å². The van der Waals surface area contributed by atoms with Crippen LogP contribution in [-0.4, -0.2) is 27.7 Å². The van der Waals surface area contributed by atoms with Gasteiger partial charge in [-0.15, -0.1) is 0 Å². The van der Waals surface area contributed by atoms with Gasteiger partial charge in [0, 0.05) is 18.0 Å². The van der Waals surface area contributed by atoms with Crippen LogP contribution in [0, 0.1) is 11.8 Å². The van der Waals surface area contributed by atoms with Gasteiger partial charge in [0.15, 0.2) is 11.0 Å². The van der Waals surface area contributed by atoms with Crippen molar-refractivity contribution in [2.45, 2.75) is 38.7 Å². The van der Waals surface area contributed by atoms with Crippen molar-refractivity contribution >= 4 is 16.8 Å². The van der Waals surface area contributed by atoms with Gasteiger partial charge in [0.2, 0.25) is 0 Å². The maximum absolute atomic E-state index is 13.5. The number of carbonyl (C=O) groups excluding carboxylic acids is 1. The van der Waals surface area contributed by atoms with E-state index in [0.717, 1.165) is 13.0 Å². The first-order valence-corrected chi connectivity index (χ1v) is 8.03. The van der Waals surface area contributed by atoms with Crippen molar-refractivity contribution < 1.29 is 22.7 Å². The molecule has 1 aliphatic rings. The van der Waals surface area contributed by atoms with E-state index in [1.807, 2.05) is 0 Å². The predicted octanol–water partition coefficient (Wildman–Crippen LogP) is 2.69. The number of ether oxygens (including phenoxy) is 1. The molecule has 3 N–H and O–H groups in total. The highest BCUT2D eigenvalue weighted by Gasteiger charge is 2.63. The van der Waals surface area contributed by atoms with Crippen LogP contribution in [0.25, 0.3) is 10.9 Å². The van der Waals surface area contributed by atoms with E-state index in [9.17, 15) is 22.8 Å². The molecule has 140 valence electrons. The van der Waals surface area contributed by atoms with E-state index in [1.165, 1.54) is 19.2 Å². The average Bonchev–Trinajstić information content (AvgIpc) is 2.79. The molecule has 3 rings (SSSR count). The lowest BCUT2D eigenvalue weighted by molar-refractivity contribution is -0.275. The van der Waals surface area contributed by atoms with Crippen molar-refractivity contribution in [3.8, 4) is 0 Å². The first-order valence-electron chi connectivity index (χ1n) is 8.03. The number of nitrogens with one attached hydrogen (secondary N) is 1. The maximum atomic E-state index is 13.5. The molecule has 0 aliphatic carbocycles. The number of aromatic amines is 1. The molecule has 26 heavy (non-hydrogen) atoms. The average molecular weight is 369 g/mol. The Hall–Kier alpha value is -2.42. The van der Waals surface area contributed by atoms with Gasteiger partial charge < -0.3 is 15.5 Å². The second-order valence-corrected chi connectivity index (χ2v) is 6.83. The number of carbonyl (C=O) groups is 1. The first-order chi connectivity index (χ1) is 12.0. The summed E-state index contributed by atoms with van der Waals surface area (Å²) in [4.78, 5) is 30.6. The number of amides is 1. The molecular formula is C17H18F3N3O3. The fourth-order valence-electron chi connectivity index (χ4n) is 3.47. The topological polar surface area (TPSA) is 98.1 Å². The van der Waals surface area contributed by atoms with Crippen molar-refractivity contribution in [3.05, 3.63) is 39.9 Å². The largest absolute Gasteiger partial charge is 0.417 e. The number of alkyl halides is 3. The molecule has 0 unspecified atom stereocenters. The number of pyridine rings is 2. The standard InChI is InChI=1S/C17H18F3N3O3/c1-7-8(2)16(3,17(18,19)20)26-14(7)10-6-11(24)12-9(23-10)4-5-22-13(12)15(21)25/h4-8,14H,1-3H3,(H2,21,25)(H,23,24)/t7-,8+,14+,16-/m1/s1. The van der Waals surface area contributed by atoms with E-state index >= 15 is 0 Å². The minimum absolute atomic E-state index is 0.000955. The van der Waals surface area contributed by atoms with Crippen molar-refractivity contribution in [2.75, 3.05) is 0 Å². The van der Waals surface area contributed by atoms with Crippen molar-refractivity contribution in [1.82, 2.24) is 9.97 Å². The number of halogens is 3. The highest BCUT2D eigenvalue weighted by Crippen LogP contribution is 2.53. The van der Waals surface area contributed by atoms with Crippen LogP contribution in [0.3, 0.4) is 0 Å². The summed E-state index contributed by atoms with van der Waals surface area (Å²) >= 11 is 0.